The van der Waals surface area contributed by atoms with Crippen LogP contribution < -0.4 is 5.32 Å². The number of β-lactam (4-membered cyclic amide) rings is 1. The first kappa shape index (κ1) is 33.2. The Kier molecular flexibility index (Phi) is 10.3. The van der Waals surface area contributed by atoms with E-state index in [1.54, 1.807) is 65.8 Å². The first-order chi connectivity index (χ1) is 20.0. The topological polar surface area (TPSA) is 170 Å². The molecule has 1 aromatic rings. The molecule has 3 rings (SSSR count). The number of aliphatic hydroxyl groups excluding tert-OH is 1. The van der Waals surface area contributed by atoms with Crippen LogP contribution in [-0.2, 0) is 44.7 Å². The minimum absolute atomic E-state index is 0.0587. The van der Waals surface area contributed by atoms with Crippen molar-refractivity contribution in [2.24, 2.45) is 21.7 Å². The summed E-state index contributed by atoms with van der Waals surface area (Å²) in [5.41, 5.74) is 0.634. The summed E-state index contributed by atoms with van der Waals surface area (Å²) in [6.45, 7) is 10.7. The summed E-state index contributed by atoms with van der Waals surface area (Å²) in [6.07, 6.45) is -0.316. The summed E-state index contributed by atoms with van der Waals surface area (Å²) < 4.78 is 19.8. The quantitative estimate of drug-likeness (QED) is 0.133. The van der Waals surface area contributed by atoms with Crippen LogP contribution in [0.4, 0.5) is 4.79 Å². The Bertz CT molecular complexity index is 1300. The highest BCUT2D eigenvalue weighted by molar-refractivity contribution is 6.06. The third-order valence-electron chi connectivity index (χ3n) is 6.77. The van der Waals surface area contributed by atoms with Crippen LogP contribution in [0, 0.1) is 16.7 Å². The first-order valence-electron chi connectivity index (χ1n) is 13.8. The van der Waals surface area contributed by atoms with E-state index in [9.17, 15) is 29.1 Å². The van der Waals surface area contributed by atoms with Gasteiger partial charge in [0.15, 0.2) is 0 Å². The molecule has 234 valence electrons. The average molecular weight is 602 g/mol. The maximum atomic E-state index is 13.1. The van der Waals surface area contributed by atoms with Gasteiger partial charge in [-0.1, -0.05) is 24.3 Å². The van der Waals surface area contributed by atoms with E-state index in [1.165, 1.54) is 11.8 Å². The Morgan fingerprint density at radius 1 is 0.977 bits per heavy atom. The SMILES string of the molecule is C[C@@H](O)[C@H]1C(=O)N2C(C(=O)OCOC(=O)C(C)(C)C)=C(c3ccc(CN/C=N\C(=O)OCOC(=O)C(C)(C)C)cc3)C[C@H]12. The molecule has 13 heteroatoms. The molecule has 0 radical (unpaired) electrons. The number of carbonyl (C=O) groups excluding carboxylic acids is 5. The predicted molar refractivity (Wildman–Crippen MR) is 153 cm³/mol. The summed E-state index contributed by atoms with van der Waals surface area (Å²) in [5.74, 6) is -2.87. The number of aliphatic imine (C=N–C) groups is 1. The molecule has 0 aromatic heterocycles. The molecule has 2 heterocycles. The highest BCUT2D eigenvalue weighted by atomic mass is 16.7. The van der Waals surface area contributed by atoms with Crippen molar-refractivity contribution in [3.8, 4) is 0 Å². The molecule has 3 atom stereocenters. The lowest BCUT2D eigenvalue weighted by molar-refractivity contribution is -0.175. The standard InChI is InChI=1S/C30H39N3O10/c1-17(34)22-21-12-20(23(33(21)24(22)35)25(36)40-15-41-26(37)29(2,3)4)19-10-8-18(9-11-19)13-31-14-32-28(39)43-16-42-27(38)30(5,6)7/h8-11,14,17,21-22,34H,12-13,15-16H2,1-7H3,(H,31,32,39)/t17-,21-,22-/m1/s1. The van der Waals surface area contributed by atoms with Crippen LogP contribution in [-0.4, -0.2) is 72.0 Å². The smallest absolute Gasteiger partial charge is 0.427 e. The molecule has 1 fully saturated rings. The van der Waals surface area contributed by atoms with Crippen LogP contribution in [0.1, 0.15) is 66.0 Å². The van der Waals surface area contributed by atoms with Crippen molar-refractivity contribution in [1.82, 2.24) is 10.2 Å². The van der Waals surface area contributed by atoms with Gasteiger partial charge in [-0.05, 0) is 71.6 Å². The summed E-state index contributed by atoms with van der Waals surface area (Å²) in [5, 5.41) is 13.0. The van der Waals surface area contributed by atoms with Crippen molar-refractivity contribution < 1.29 is 48.0 Å². The maximum Gasteiger partial charge on any atom is 0.437 e. The van der Waals surface area contributed by atoms with E-state index in [-0.39, 0.29) is 11.6 Å². The zero-order chi connectivity index (χ0) is 32.1. The van der Waals surface area contributed by atoms with Crippen molar-refractivity contribution in [3.63, 3.8) is 0 Å². The van der Waals surface area contributed by atoms with Gasteiger partial charge >= 0.3 is 24.0 Å². The van der Waals surface area contributed by atoms with Crippen LogP contribution in [0.25, 0.3) is 5.57 Å². The molecule has 2 amide bonds. The molecule has 0 saturated carbocycles. The molecule has 2 aliphatic rings. The van der Waals surface area contributed by atoms with Crippen molar-refractivity contribution in [2.45, 2.75) is 73.6 Å². The number of hydrogen-bond donors (Lipinski definition) is 2. The highest BCUT2D eigenvalue weighted by Gasteiger charge is 2.57. The van der Waals surface area contributed by atoms with Crippen molar-refractivity contribution in [3.05, 3.63) is 41.1 Å². The van der Waals surface area contributed by atoms with Crippen LogP contribution in [0.15, 0.2) is 35.0 Å². The molecule has 2 aliphatic heterocycles. The van der Waals surface area contributed by atoms with Crippen LogP contribution >= 0.6 is 0 Å². The zero-order valence-electron chi connectivity index (χ0n) is 25.5. The second-order valence-corrected chi connectivity index (χ2v) is 12.4. The number of rotatable bonds is 10. The number of hydrogen-bond acceptors (Lipinski definition) is 10. The van der Waals surface area contributed by atoms with Gasteiger partial charge in [-0.15, -0.1) is 0 Å². The molecule has 0 bridgehead atoms. The molecular weight excluding hydrogens is 562 g/mol. The molecule has 1 aromatic carbocycles. The molecule has 13 nitrogen and oxygen atoms in total. The Morgan fingerprint density at radius 3 is 2.07 bits per heavy atom. The van der Waals surface area contributed by atoms with Gasteiger partial charge in [0.2, 0.25) is 19.5 Å². The zero-order valence-corrected chi connectivity index (χ0v) is 25.5. The normalized spacial score (nSPS) is 19.0. The average Bonchev–Trinajstić information content (AvgIpc) is 3.25. The number of fused-ring (bicyclic) bond motifs is 1. The van der Waals surface area contributed by atoms with E-state index in [2.05, 4.69) is 10.3 Å². The number of carbonyl (C=O) groups is 5. The van der Waals surface area contributed by atoms with Gasteiger partial charge in [0.25, 0.3) is 0 Å². The molecule has 0 spiro atoms. The van der Waals surface area contributed by atoms with Gasteiger partial charge in [0.05, 0.1) is 35.2 Å². The van der Waals surface area contributed by atoms with Gasteiger partial charge in [-0.3, -0.25) is 14.4 Å². The number of benzene rings is 1. The monoisotopic (exact) mass is 601 g/mol. The Morgan fingerprint density at radius 2 is 1.53 bits per heavy atom. The molecule has 43 heavy (non-hydrogen) atoms. The fourth-order valence-corrected chi connectivity index (χ4v) is 4.41. The van der Waals surface area contributed by atoms with Crippen molar-refractivity contribution in [2.75, 3.05) is 13.6 Å². The Labute approximate surface area is 250 Å². The van der Waals surface area contributed by atoms with Gasteiger partial charge in [-0.25, -0.2) is 9.59 Å². The summed E-state index contributed by atoms with van der Waals surface area (Å²) in [7, 11) is 0. The largest absolute Gasteiger partial charge is 0.437 e. The fraction of sp³-hybridized carbons (Fsp3) is 0.533. The van der Waals surface area contributed by atoms with Crippen LogP contribution in [0.3, 0.4) is 0 Å². The van der Waals surface area contributed by atoms with Gasteiger partial charge in [0, 0.05) is 6.54 Å². The van der Waals surface area contributed by atoms with Crippen molar-refractivity contribution in [1.29, 1.82) is 0 Å². The minimum Gasteiger partial charge on any atom is -0.427 e. The Balaban J connectivity index is 1.62. The second kappa shape index (κ2) is 13.4. The second-order valence-electron chi connectivity index (χ2n) is 12.4. The van der Waals surface area contributed by atoms with Gasteiger partial charge < -0.3 is 34.3 Å². The Hall–Kier alpha value is -4.26. The number of amides is 2. The lowest BCUT2D eigenvalue weighted by atomic mass is 9.82. The lowest BCUT2D eigenvalue weighted by Crippen LogP contribution is -2.61. The minimum atomic E-state index is -0.931. The third-order valence-corrected chi connectivity index (χ3v) is 6.77. The van der Waals surface area contributed by atoms with E-state index in [0.29, 0.717) is 24.1 Å². The highest BCUT2D eigenvalue weighted by Crippen LogP contribution is 2.47. The van der Waals surface area contributed by atoms with Crippen LogP contribution in [0.2, 0.25) is 0 Å². The van der Waals surface area contributed by atoms with E-state index >= 15 is 0 Å². The van der Waals surface area contributed by atoms with Crippen LogP contribution in [0.5, 0.6) is 0 Å². The van der Waals surface area contributed by atoms with E-state index < -0.39 is 66.5 Å². The first-order valence-corrected chi connectivity index (χ1v) is 13.8. The molecular formula is C30H39N3O10. The number of nitrogens with one attached hydrogen (secondary N) is 1. The summed E-state index contributed by atoms with van der Waals surface area (Å²) in [4.78, 5) is 66.2. The third kappa shape index (κ3) is 8.19. The molecule has 1 saturated heterocycles. The van der Waals surface area contributed by atoms with E-state index in [4.69, 9.17) is 18.9 Å². The number of nitrogens with zero attached hydrogens (tertiary/aromatic N) is 2. The van der Waals surface area contributed by atoms with E-state index in [1.807, 2.05) is 0 Å². The number of ether oxygens (including phenoxy) is 4. The number of esters is 3. The van der Waals surface area contributed by atoms with Crippen molar-refractivity contribution >= 4 is 41.8 Å². The van der Waals surface area contributed by atoms with Gasteiger partial charge in [-0.2, -0.15) is 4.99 Å². The molecule has 0 unspecified atom stereocenters. The van der Waals surface area contributed by atoms with Gasteiger partial charge in [0.1, 0.15) is 5.70 Å². The lowest BCUT2D eigenvalue weighted by Gasteiger charge is -2.44. The summed E-state index contributed by atoms with van der Waals surface area (Å²) >= 11 is 0. The van der Waals surface area contributed by atoms with E-state index in [0.717, 1.165) is 11.9 Å². The summed E-state index contributed by atoms with van der Waals surface area (Å²) in [6, 6.07) is 6.76. The maximum absolute atomic E-state index is 13.1. The number of aliphatic hydroxyl groups is 1. The fourth-order valence-electron chi connectivity index (χ4n) is 4.41. The predicted octanol–water partition coefficient (Wildman–Crippen LogP) is 2.90. The molecule has 2 N–H and O–H groups in total. The molecule has 0 aliphatic carbocycles.